The summed E-state index contributed by atoms with van der Waals surface area (Å²) in [7, 11) is 1.61. The summed E-state index contributed by atoms with van der Waals surface area (Å²) < 4.78 is 16.0. The van der Waals surface area contributed by atoms with E-state index in [-0.39, 0.29) is 6.61 Å². The van der Waals surface area contributed by atoms with Crippen LogP contribution in [0.15, 0.2) is 59.3 Å². The van der Waals surface area contributed by atoms with Gasteiger partial charge in [-0.3, -0.25) is 5.10 Å². The number of carbonyl (C=O) groups excluding carboxylic acids is 1. The third-order valence-electron chi connectivity index (χ3n) is 3.93. The van der Waals surface area contributed by atoms with E-state index < -0.39 is 5.97 Å². The molecule has 0 fully saturated rings. The molecule has 0 bridgehead atoms. The zero-order chi connectivity index (χ0) is 17.9. The molecule has 7 nitrogen and oxygen atoms in total. The van der Waals surface area contributed by atoms with Gasteiger partial charge < -0.3 is 13.9 Å². The summed E-state index contributed by atoms with van der Waals surface area (Å²) in [6, 6.07) is 12.6. The molecule has 2 aromatic carbocycles. The van der Waals surface area contributed by atoms with Crippen molar-refractivity contribution >= 4 is 16.9 Å². The number of nitrogens with one attached hydrogen (secondary N) is 1. The fourth-order valence-corrected chi connectivity index (χ4v) is 2.54. The van der Waals surface area contributed by atoms with E-state index in [1.54, 1.807) is 31.6 Å². The fraction of sp³-hybridized carbons (Fsp3) is 0.105. The SMILES string of the molecule is COc1ccc(-c2cnc(COC(=O)c3ccc4cn[nH]c4c3)o2)cc1. The highest BCUT2D eigenvalue weighted by Gasteiger charge is 2.12. The van der Waals surface area contributed by atoms with Crippen LogP contribution in [-0.4, -0.2) is 28.3 Å². The summed E-state index contributed by atoms with van der Waals surface area (Å²) in [5.74, 6) is 1.23. The maximum atomic E-state index is 12.2. The fourth-order valence-electron chi connectivity index (χ4n) is 2.54. The monoisotopic (exact) mass is 349 g/mol. The maximum Gasteiger partial charge on any atom is 0.338 e. The van der Waals surface area contributed by atoms with E-state index in [1.165, 1.54) is 0 Å². The molecule has 0 radical (unpaired) electrons. The van der Waals surface area contributed by atoms with Crippen molar-refractivity contribution in [2.75, 3.05) is 7.11 Å². The van der Waals surface area contributed by atoms with Gasteiger partial charge in [-0.25, -0.2) is 9.78 Å². The Bertz CT molecular complexity index is 1050. The average molecular weight is 349 g/mol. The quantitative estimate of drug-likeness (QED) is 0.554. The van der Waals surface area contributed by atoms with Crippen LogP contribution in [0, 0.1) is 0 Å². The van der Waals surface area contributed by atoms with E-state index >= 15 is 0 Å². The highest BCUT2D eigenvalue weighted by atomic mass is 16.5. The first-order valence-corrected chi connectivity index (χ1v) is 7.92. The van der Waals surface area contributed by atoms with Gasteiger partial charge in [-0.1, -0.05) is 6.07 Å². The Labute approximate surface area is 148 Å². The van der Waals surface area contributed by atoms with Crippen LogP contribution in [0.5, 0.6) is 5.75 Å². The van der Waals surface area contributed by atoms with Gasteiger partial charge in [0.25, 0.3) is 0 Å². The molecule has 0 spiro atoms. The number of rotatable bonds is 5. The molecule has 2 heterocycles. The lowest BCUT2D eigenvalue weighted by atomic mass is 10.2. The molecule has 1 N–H and O–H groups in total. The highest BCUT2D eigenvalue weighted by Crippen LogP contribution is 2.23. The molecule has 4 aromatic rings. The van der Waals surface area contributed by atoms with Gasteiger partial charge in [0.1, 0.15) is 5.75 Å². The van der Waals surface area contributed by atoms with Crippen molar-refractivity contribution in [1.29, 1.82) is 0 Å². The number of hydrogen-bond acceptors (Lipinski definition) is 6. The first kappa shape index (κ1) is 15.9. The van der Waals surface area contributed by atoms with Gasteiger partial charge in [-0.2, -0.15) is 5.10 Å². The molecule has 4 rings (SSSR count). The van der Waals surface area contributed by atoms with Gasteiger partial charge in [-0.15, -0.1) is 0 Å². The molecule has 130 valence electrons. The first-order chi connectivity index (χ1) is 12.7. The lowest BCUT2D eigenvalue weighted by molar-refractivity contribution is 0.0439. The van der Waals surface area contributed by atoms with Crippen LogP contribution in [0.25, 0.3) is 22.2 Å². The molecule has 0 atom stereocenters. The number of benzene rings is 2. The van der Waals surface area contributed by atoms with E-state index in [0.717, 1.165) is 22.2 Å². The van der Waals surface area contributed by atoms with Crippen molar-refractivity contribution in [3.05, 3.63) is 66.3 Å². The molecule has 7 heteroatoms. The number of hydrogen-bond donors (Lipinski definition) is 1. The summed E-state index contributed by atoms with van der Waals surface area (Å²) in [6.07, 6.45) is 3.29. The van der Waals surface area contributed by atoms with Crippen LogP contribution in [-0.2, 0) is 11.3 Å². The number of methoxy groups -OCH3 is 1. The molecule has 0 unspecified atom stereocenters. The molecular weight excluding hydrogens is 334 g/mol. The number of fused-ring (bicyclic) bond motifs is 1. The molecule has 0 aliphatic carbocycles. The highest BCUT2D eigenvalue weighted by molar-refractivity contribution is 5.94. The third-order valence-corrected chi connectivity index (χ3v) is 3.93. The molecule has 0 aliphatic heterocycles. The number of aromatic amines is 1. The van der Waals surface area contributed by atoms with Crippen molar-refractivity contribution in [2.45, 2.75) is 6.61 Å². The Balaban J connectivity index is 1.42. The van der Waals surface area contributed by atoms with E-state index in [1.807, 2.05) is 30.3 Å². The molecule has 0 amide bonds. The Kier molecular flexibility index (Phi) is 4.10. The predicted octanol–water partition coefficient (Wildman–Crippen LogP) is 3.58. The zero-order valence-electron chi connectivity index (χ0n) is 13.9. The second-order valence-corrected chi connectivity index (χ2v) is 5.59. The van der Waals surface area contributed by atoms with E-state index in [2.05, 4.69) is 15.2 Å². The minimum atomic E-state index is -0.453. The standard InChI is InChI=1S/C19H15N3O4/c1-24-15-6-4-12(5-7-15)17-10-20-18(26-17)11-25-19(23)13-2-3-14-9-21-22-16(14)8-13/h2-10H,11H2,1H3,(H,21,22). The second kappa shape index (κ2) is 6.72. The van der Waals surface area contributed by atoms with E-state index in [0.29, 0.717) is 17.2 Å². The largest absolute Gasteiger partial charge is 0.497 e. The lowest BCUT2D eigenvalue weighted by Gasteiger charge is -2.03. The van der Waals surface area contributed by atoms with Gasteiger partial charge in [0.15, 0.2) is 12.4 Å². The van der Waals surface area contributed by atoms with Crippen molar-refractivity contribution in [3.8, 4) is 17.1 Å². The molecule has 26 heavy (non-hydrogen) atoms. The van der Waals surface area contributed by atoms with Gasteiger partial charge in [0, 0.05) is 10.9 Å². The molecule has 2 aromatic heterocycles. The molecule has 0 saturated heterocycles. The number of carbonyl (C=O) groups is 1. The Morgan fingerprint density at radius 3 is 2.81 bits per heavy atom. The van der Waals surface area contributed by atoms with Crippen molar-refractivity contribution in [3.63, 3.8) is 0 Å². The zero-order valence-corrected chi connectivity index (χ0v) is 13.9. The smallest absolute Gasteiger partial charge is 0.338 e. The van der Waals surface area contributed by atoms with Crippen molar-refractivity contribution < 1.29 is 18.7 Å². The second-order valence-electron chi connectivity index (χ2n) is 5.59. The van der Waals surface area contributed by atoms with Crippen LogP contribution in [0.4, 0.5) is 0 Å². The molecule has 0 aliphatic rings. The van der Waals surface area contributed by atoms with Crippen LogP contribution in [0.2, 0.25) is 0 Å². The van der Waals surface area contributed by atoms with Crippen LogP contribution >= 0.6 is 0 Å². The lowest BCUT2D eigenvalue weighted by Crippen LogP contribution is -2.05. The summed E-state index contributed by atoms with van der Waals surface area (Å²) in [6.45, 7) is -0.0456. The van der Waals surface area contributed by atoms with Gasteiger partial charge in [-0.05, 0) is 36.4 Å². The number of H-pyrrole nitrogens is 1. The first-order valence-electron chi connectivity index (χ1n) is 7.92. The normalized spacial score (nSPS) is 10.8. The number of oxazole rings is 1. The van der Waals surface area contributed by atoms with Crippen LogP contribution < -0.4 is 4.74 Å². The predicted molar refractivity (Wildman–Crippen MR) is 93.7 cm³/mol. The summed E-state index contributed by atoms with van der Waals surface area (Å²) in [5, 5.41) is 7.68. The summed E-state index contributed by atoms with van der Waals surface area (Å²) in [5.41, 5.74) is 2.07. The Morgan fingerprint density at radius 2 is 2.00 bits per heavy atom. The number of esters is 1. The third kappa shape index (κ3) is 3.14. The Morgan fingerprint density at radius 1 is 1.15 bits per heavy atom. The summed E-state index contributed by atoms with van der Waals surface area (Å²) >= 11 is 0. The van der Waals surface area contributed by atoms with E-state index in [4.69, 9.17) is 13.9 Å². The van der Waals surface area contributed by atoms with Crippen LogP contribution in [0.3, 0.4) is 0 Å². The Hall–Kier alpha value is -3.61. The average Bonchev–Trinajstić information content (AvgIpc) is 3.35. The molecular formula is C19H15N3O4. The van der Waals surface area contributed by atoms with Crippen molar-refractivity contribution in [1.82, 2.24) is 15.2 Å². The number of aromatic nitrogens is 3. The van der Waals surface area contributed by atoms with Gasteiger partial charge in [0.05, 0.1) is 30.6 Å². The van der Waals surface area contributed by atoms with Gasteiger partial charge in [0.2, 0.25) is 5.89 Å². The van der Waals surface area contributed by atoms with Crippen LogP contribution in [0.1, 0.15) is 16.2 Å². The minimum absolute atomic E-state index is 0.0456. The minimum Gasteiger partial charge on any atom is -0.497 e. The maximum absolute atomic E-state index is 12.2. The summed E-state index contributed by atoms with van der Waals surface area (Å²) in [4.78, 5) is 16.3. The van der Waals surface area contributed by atoms with Gasteiger partial charge >= 0.3 is 5.97 Å². The topological polar surface area (TPSA) is 90.2 Å². The number of ether oxygens (including phenoxy) is 2. The van der Waals surface area contributed by atoms with E-state index in [9.17, 15) is 4.79 Å². The van der Waals surface area contributed by atoms with Crippen molar-refractivity contribution in [2.24, 2.45) is 0 Å². The molecule has 0 saturated carbocycles. The number of nitrogens with zero attached hydrogens (tertiary/aromatic N) is 2.